The van der Waals surface area contributed by atoms with E-state index >= 15 is 0 Å². The van der Waals surface area contributed by atoms with Gasteiger partial charge < -0.3 is 21.1 Å². The van der Waals surface area contributed by atoms with Crippen LogP contribution in [-0.4, -0.2) is 40.1 Å². The molecule has 1 unspecified atom stereocenters. The van der Waals surface area contributed by atoms with Crippen LogP contribution in [-0.2, 0) is 19.3 Å². The highest BCUT2D eigenvalue weighted by molar-refractivity contribution is 5.94. The Bertz CT molecular complexity index is 864. The first-order valence-corrected chi connectivity index (χ1v) is 8.84. The number of β-amino-alcohol motifs (C(OH)–C–C–N with tert-alkyl or cyclic N) is 1. The summed E-state index contributed by atoms with van der Waals surface area (Å²) in [5.74, 6) is -0.115. The number of nitrogens with two attached hydrogens (primary N) is 1. The first-order chi connectivity index (χ1) is 13.3. The quantitative estimate of drug-likeness (QED) is 0.678. The van der Waals surface area contributed by atoms with Crippen LogP contribution >= 0.6 is 12.4 Å². The molecule has 10 heteroatoms. The molecule has 1 atom stereocenters. The standard InChI is InChI=1S/C19H21F3N4O2.ClH/c20-19(21,22)16-7-13(9-23)8-17(25-16)24-10-12-2-1-3-14(6-12)18(28)26-5-4-15(27)11-26;/h1-3,6-8,15,27H,4-5,9-11,23H2,(H,24,25);1H. The summed E-state index contributed by atoms with van der Waals surface area (Å²) < 4.78 is 38.9. The molecule has 1 aromatic carbocycles. The van der Waals surface area contributed by atoms with Crippen LogP contribution < -0.4 is 11.1 Å². The molecule has 1 amide bonds. The molecule has 2 aromatic rings. The second-order valence-corrected chi connectivity index (χ2v) is 6.70. The molecule has 1 aromatic heterocycles. The maximum atomic E-state index is 13.0. The summed E-state index contributed by atoms with van der Waals surface area (Å²) in [7, 11) is 0. The van der Waals surface area contributed by atoms with E-state index in [9.17, 15) is 23.1 Å². The largest absolute Gasteiger partial charge is 0.433 e. The summed E-state index contributed by atoms with van der Waals surface area (Å²) in [5.41, 5.74) is 5.98. The van der Waals surface area contributed by atoms with Gasteiger partial charge in [0.2, 0.25) is 0 Å². The number of aromatic nitrogens is 1. The Hall–Kier alpha value is -2.36. The number of hydrogen-bond donors (Lipinski definition) is 3. The molecule has 6 nitrogen and oxygen atoms in total. The zero-order chi connectivity index (χ0) is 20.3. The molecule has 1 fully saturated rings. The number of halogens is 4. The van der Waals surface area contributed by atoms with Crippen molar-refractivity contribution in [1.29, 1.82) is 0 Å². The van der Waals surface area contributed by atoms with Crippen LogP contribution in [0.4, 0.5) is 19.0 Å². The number of likely N-dealkylation sites (tertiary alicyclic amines) is 1. The van der Waals surface area contributed by atoms with Crippen LogP contribution in [0.3, 0.4) is 0 Å². The van der Waals surface area contributed by atoms with E-state index in [0.29, 0.717) is 30.6 Å². The smallest absolute Gasteiger partial charge is 0.391 e. The lowest BCUT2D eigenvalue weighted by molar-refractivity contribution is -0.141. The van der Waals surface area contributed by atoms with Crippen molar-refractivity contribution in [2.45, 2.75) is 31.8 Å². The van der Waals surface area contributed by atoms with Gasteiger partial charge in [0.15, 0.2) is 0 Å². The van der Waals surface area contributed by atoms with E-state index in [0.717, 1.165) is 11.6 Å². The first kappa shape index (κ1) is 22.9. The SMILES string of the molecule is Cl.NCc1cc(NCc2cccc(C(=O)N3CCC(O)C3)c2)nc(C(F)(F)F)c1. The first-order valence-electron chi connectivity index (χ1n) is 8.84. The fraction of sp³-hybridized carbons (Fsp3) is 0.368. The molecule has 1 aliphatic heterocycles. The molecule has 0 aliphatic carbocycles. The van der Waals surface area contributed by atoms with Gasteiger partial charge in [-0.15, -0.1) is 12.4 Å². The highest BCUT2D eigenvalue weighted by atomic mass is 35.5. The van der Waals surface area contributed by atoms with E-state index in [4.69, 9.17) is 5.73 Å². The van der Waals surface area contributed by atoms with Crippen LogP contribution in [0.1, 0.15) is 33.6 Å². The Kier molecular flexibility index (Phi) is 7.45. The van der Waals surface area contributed by atoms with Gasteiger partial charge in [-0.1, -0.05) is 12.1 Å². The van der Waals surface area contributed by atoms with Crippen molar-refractivity contribution < 1.29 is 23.1 Å². The van der Waals surface area contributed by atoms with Crippen molar-refractivity contribution in [1.82, 2.24) is 9.88 Å². The summed E-state index contributed by atoms with van der Waals surface area (Å²) in [6.45, 7) is 0.962. The Morgan fingerprint density at radius 1 is 1.28 bits per heavy atom. The molecule has 158 valence electrons. The number of alkyl halides is 3. The number of carbonyl (C=O) groups excluding carboxylic acids is 1. The molecule has 4 N–H and O–H groups in total. The van der Waals surface area contributed by atoms with Crippen molar-refractivity contribution >= 4 is 24.1 Å². The topological polar surface area (TPSA) is 91.5 Å². The molecular weight excluding hydrogens is 409 g/mol. The summed E-state index contributed by atoms with van der Waals surface area (Å²) in [6, 6.07) is 9.22. The van der Waals surface area contributed by atoms with Crippen molar-refractivity contribution in [2.75, 3.05) is 18.4 Å². The molecular formula is C19H22ClF3N4O2. The molecule has 2 heterocycles. The van der Waals surface area contributed by atoms with Crippen LogP contribution in [0.15, 0.2) is 36.4 Å². The fourth-order valence-corrected chi connectivity index (χ4v) is 3.06. The maximum Gasteiger partial charge on any atom is 0.433 e. The number of nitrogens with zero attached hydrogens (tertiary/aromatic N) is 2. The minimum Gasteiger partial charge on any atom is -0.391 e. The number of nitrogens with one attached hydrogen (secondary N) is 1. The third-order valence-corrected chi connectivity index (χ3v) is 4.51. The number of anilines is 1. The summed E-state index contributed by atoms with van der Waals surface area (Å²) in [4.78, 5) is 17.7. The molecule has 1 saturated heterocycles. The van der Waals surface area contributed by atoms with Gasteiger partial charge in [-0.25, -0.2) is 4.98 Å². The molecule has 0 radical (unpaired) electrons. The van der Waals surface area contributed by atoms with Gasteiger partial charge in [0.05, 0.1) is 6.10 Å². The minimum absolute atomic E-state index is 0. The number of aliphatic hydroxyl groups excluding tert-OH is 1. The summed E-state index contributed by atoms with van der Waals surface area (Å²) >= 11 is 0. The fourth-order valence-electron chi connectivity index (χ4n) is 3.06. The van der Waals surface area contributed by atoms with Crippen LogP contribution in [0.2, 0.25) is 0 Å². The third-order valence-electron chi connectivity index (χ3n) is 4.51. The number of amides is 1. The lowest BCUT2D eigenvalue weighted by Crippen LogP contribution is -2.29. The Morgan fingerprint density at radius 3 is 2.66 bits per heavy atom. The highest BCUT2D eigenvalue weighted by Gasteiger charge is 2.33. The number of hydrogen-bond acceptors (Lipinski definition) is 5. The number of aliphatic hydroxyl groups is 1. The van der Waals surface area contributed by atoms with E-state index in [1.165, 1.54) is 6.07 Å². The van der Waals surface area contributed by atoms with Crippen LogP contribution in [0.25, 0.3) is 0 Å². The highest BCUT2D eigenvalue weighted by Crippen LogP contribution is 2.29. The zero-order valence-corrected chi connectivity index (χ0v) is 16.3. The van der Waals surface area contributed by atoms with Gasteiger partial charge in [-0.05, 0) is 41.8 Å². The minimum atomic E-state index is -4.56. The van der Waals surface area contributed by atoms with Crippen molar-refractivity contribution in [3.63, 3.8) is 0 Å². The van der Waals surface area contributed by atoms with E-state index in [2.05, 4.69) is 10.3 Å². The number of pyridine rings is 1. The summed E-state index contributed by atoms with van der Waals surface area (Å²) in [6.07, 6.45) is -4.51. The average molecular weight is 431 g/mol. The number of benzene rings is 1. The summed E-state index contributed by atoms with van der Waals surface area (Å²) in [5, 5.41) is 12.4. The molecule has 0 saturated carbocycles. The van der Waals surface area contributed by atoms with Gasteiger partial charge in [0, 0.05) is 31.7 Å². The molecule has 1 aliphatic rings. The van der Waals surface area contributed by atoms with Crippen LogP contribution in [0.5, 0.6) is 0 Å². The van der Waals surface area contributed by atoms with E-state index in [-0.39, 0.29) is 37.2 Å². The maximum absolute atomic E-state index is 13.0. The Labute approximate surface area is 172 Å². The average Bonchev–Trinajstić information content (AvgIpc) is 3.11. The van der Waals surface area contributed by atoms with Crippen molar-refractivity contribution in [2.24, 2.45) is 5.73 Å². The number of rotatable bonds is 5. The molecule has 0 spiro atoms. The lowest BCUT2D eigenvalue weighted by atomic mass is 10.1. The Morgan fingerprint density at radius 2 is 2.03 bits per heavy atom. The van der Waals surface area contributed by atoms with Gasteiger partial charge in [0.1, 0.15) is 11.5 Å². The van der Waals surface area contributed by atoms with Gasteiger partial charge >= 0.3 is 6.18 Å². The monoisotopic (exact) mass is 430 g/mol. The third kappa shape index (κ3) is 5.81. The van der Waals surface area contributed by atoms with E-state index in [1.54, 1.807) is 29.2 Å². The molecule has 29 heavy (non-hydrogen) atoms. The van der Waals surface area contributed by atoms with Crippen molar-refractivity contribution in [3.05, 3.63) is 58.8 Å². The zero-order valence-electron chi connectivity index (χ0n) is 15.4. The van der Waals surface area contributed by atoms with Gasteiger partial charge in [-0.3, -0.25) is 4.79 Å². The van der Waals surface area contributed by atoms with Gasteiger partial charge in [-0.2, -0.15) is 13.2 Å². The predicted molar refractivity (Wildman–Crippen MR) is 105 cm³/mol. The lowest BCUT2D eigenvalue weighted by Gasteiger charge is -2.16. The van der Waals surface area contributed by atoms with Crippen LogP contribution in [0, 0.1) is 0 Å². The molecule has 3 rings (SSSR count). The second kappa shape index (κ2) is 9.43. The molecule has 0 bridgehead atoms. The van der Waals surface area contributed by atoms with Crippen molar-refractivity contribution in [3.8, 4) is 0 Å². The number of carbonyl (C=O) groups is 1. The van der Waals surface area contributed by atoms with E-state index in [1.807, 2.05) is 0 Å². The Balaban J connectivity index is 0.00000300. The van der Waals surface area contributed by atoms with Gasteiger partial charge in [0.25, 0.3) is 5.91 Å². The predicted octanol–water partition coefficient (Wildman–Crippen LogP) is 2.80. The van der Waals surface area contributed by atoms with E-state index < -0.39 is 18.0 Å². The normalized spacial score (nSPS) is 16.4. The second-order valence-electron chi connectivity index (χ2n) is 6.70.